The molecule has 2 rings (SSSR count). The van der Waals surface area contributed by atoms with E-state index < -0.39 is 11.2 Å². The summed E-state index contributed by atoms with van der Waals surface area (Å²) in [6, 6.07) is 0. The lowest BCUT2D eigenvalue weighted by molar-refractivity contribution is -0.131. The standard InChI is InChI=1S/C15H23N5O4/c1-10-11(14(23)18-15(24)17-10)3-4-13(22)20-6-2-5-19(7-8-20)9-12(16)21/h2-9H2,1H3,(H2,16,21)(H2,17,18,23,24). The Morgan fingerprint density at radius 2 is 1.88 bits per heavy atom. The van der Waals surface area contributed by atoms with Gasteiger partial charge >= 0.3 is 5.69 Å². The van der Waals surface area contributed by atoms with Crippen LogP contribution >= 0.6 is 0 Å². The molecule has 0 aromatic carbocycles. The summed E-state index contributed by atoms with van der Waals surface area (Å²) in [4.78, 5) is 54.7. The van der Waals surface area contributed by atoms with Gasteiger partial charge in [0.05, 0.1) is 6.54 Å². The number of rotatable bonds is 5. The summed E-state index contributed by atoms with van der Waals surface area (Å²) in [7, 11) is 0. The van der Waals surface area contributed by atoms with E-state index in [9.17, 15) is 19.2 Å². The lowest BCUT2D eigenvalue weighted by Crippen LogP contribution is -2.38. The zero-order chi connectivity index (χ0) is 17.7. The zero-order valence-electron chi connectivity index (χ0n) is 13.8. The first kappa shape index (κ1) is 17.9. The van der Waals surface area contributed by atoms with Gasteiger partial charge in [-0.25, -0.2) is 4.79 Å². The molecule has 9 heteroatoms. The summed E-state index contributed by atoms with van der Waals surface area (Å²) >= 11 is 0. The number of aromatic nitrogens is 2. The number of carbonyl (C=O) groups is 2. The van der Waals surface area contributed by atoms with Gasteiger partial charge in [0.2, 0.25) is 11.8 Å². The van der Waals surface area contributed by atoms with Gasteiger partial charge in [-0.2, -0.15) is 0 Å². The predicted octanol–water partition coefficient (Wildman–Crippen LogP) is -1.68. The molecular formula is C15H23N5O4. The van der Waals surface area contributed by atoms with Gasteiger partial charge in [0, 0.05) is 43.9 Å². The monoisotopic (exact) mass is 337 g/mol. The highest BCUT2D eigenvalue weighted by molar-refractivity contribution is 5.77. The fourth-order valence-corrected chi connectivity index (χ4v) is 2.92. The molecule has 1 aliphatic heterocycles. The number of aromatic amines is 2. The van der Waals surface area contributed by atoms with E-state index in [2.05, 4.69) is 9.97 Å². The average molecular weight is 337 g/mol. The normalized spacial score (nSPS) is 16.0. The van der Waals surface area contributed by atoms with E-state index in [1.807, 2.05) is 4.90 Å². The first-order chi connectivity index (χ1) is 11.4. The van der Waals surface area contributed by atoms with Crippen LogP contribution in [0.5, 0.6) is 0 Å². The molecule has 0 spiro atoms. The molecule has 1 fully saturated rings. The molecule has 0 atom stereocenters. The Balaban J connectivity index is 1.92. The van der Waals surface area contributed by atoms with Gasteiger partial charge in [-0.15, -0.1) is 0 Å². The number of primary amides is 1. The molecule has 132 valence electrons. The fourth-order valence-electron chi connectivity index (χ4n) is 2.92. The summed E-state index contributed by atoms with van der Waals surface area (Å²) < 4.78 is 0. The number of nitrogens with two attached hydrogens (primary N) is 1. The van der Waals surface area contributed by atoms with Crippen molar-refractivity contribution in [1.82, 2.24) is 19.8 Å². The van der Waals surface area contributed by atoms with Crippen LogP contribution < -0.4 is 17.0 Å². The van der Waals surface area contributed by atoms with Crippen LogP contribution in [-0.4, -0.2) is 64.3 Å². The maximum absolute atomic E-state index is 12.4. The predicted molar refractivity (Wildman–Crippen MR) is 87.6 cm³/mol. The topological polar surface area (TPSA) is 132 Å². The van der Waals surface area contributed by atoms with Crippen LogP contribution in [0.25, 0.3) is 0 Å². The van der Waals surface area contributed by atoms with Gasteiger partial charge in [-0.1, -0.05) is 0 Å². The third kappa shape index (κ3) is 4.79. The molecule has 0 unspecified atom stereocenters. The van der Waals surface area contributed by atoms with Crippen molar-refractivity contribution in [3.05, 3.63) is 32.1 Å². The van der Waals surface area contributed by atoms with Crippen molar-refractivity contribution in [3.8, 4) is 0 Å². The van der Waals surface area contributed by atoms with E-state index in [1.165, 1.54) is 0 Å². The summed E-state index contributed by atoms with van der Waals surface area (Å²) in [5.74, 6) is -0.413. The van der Waals surface area contributed by atoms with Crippen molar-refractivity contribution in [3.63, 3.8) is 0 Å². The van der Waals surface area contributed by atoms with E-state index in [1.54, 1.807) is 11.8 Å². The van der Waals surface area contributed by atoms with E-state index in [-0.39, 0.29) is 31.2 Å². The lowest BCUT2D eigenvalue weighted by atomic mass is 10.1. The van der Waals surface area contributed by atoms with Crippen LogP contribution in [0.3, 0.4) is 0 Å². The SMILES string of the molecule is Cc1[nH]c(=O)[nH]c(=O)c1CCC(=O)N1CCCN(CC(N)=O)CC1. The third-order valence-electron chi connectivity index (χ3n) is 4.16. The van der Waals surface area contributed by atoms with Crippen LogP contribution in [0.15, 0.2) is 9.59 Å². The van der Waals surface area contributed by atoms with Crippen molar-refractivity contribution in [2.45, 2.75) is 26.2 Å². The Kier molecular flexibility index (Phi) is 5.91. The Morgan fingerprint density at radius 3 is 2.54 bits per heavy atom. The summed E-state index contributed by atoms with van der Waals surface area (Å²) in [5, 5.41) is 0. The number of H-pyrrole nitrogens is 2. The molecule has 9 nitrogen and oxygen atoms in total. The summed E-state index contributed by atoms with van der Waals surface area (Å²) in [5.41, 5.74) is 5.11. The molecule has 0 aliphatic carbocycles. The molecular weight excluding hydrogens is 314 g/mol. The Morgan fingerprint density at radius 1 is 1.12 bits per heavy atom. The maximum Gasteiger partial charge on any atom is 0.325 e. The van der Waals surface area contributed by atoms with Crippen molar-refractivity contribution in [2.75, 3.05) is 32.7 Å². The largest absolute Gasteiger partial charge is 0.369 e. The number of carbonyl (C=O) groups excluding carboxylic acids is 2. The van der Waals surface area contributed by atoms with E-state index >= 15 is 0 Å². The number of amides is 2. The minimum absolute atomic E-state index is 0.0408. The van der Waals surface area contributed by atoms with Crippen molar-refractivity contribution >= 4 is 11.8 Å². The molecule has 1 aromatic rings. The van der Waals surface area contributed by atoms with Crippen LogP contribution in [0.2, 0.25) is 0 Å². The second kappa shape index (κ2) is 7.91. The number of nitrogens with zero attached hydrogens (tertiary/aromatic N) is 2. The van der Waals surface area contributed by atoms with Crippen LogP contribution in [-0.2, 0) is 16.0 Å². The highest BCUT2D eigenvalue weighted by Gasteiger charge is 2.20. The zero-order valence-corrected chi connectivity index (χ0v) is 13.8. The molecule has 2 amide bonds. The van der Waals surface area contributed by atoms with E-state index in [0.717, 1.165) is 13.0 Å². The first-order valence-corrected chi connectivity index (χ1v) is 7.97. The van der Waals surface area contributed by atoms with Crippen LogP contribution in [0.4, 0.5) is 0 Å². The number of hydrogen-bond donors (Lipinski definition) is 3. The molecule has 24 heavy (non-hydrogen) atoms. The van der Waals surface area contributed by atoms with Gasteiger partial charge in [-0.05, 0) is 19.8 Å². The Labute approximate surface area is 138 Å². The van der Waals surface area contributed by atoms with E-state index in [0.29, 0.717) is 30.9 Å². The van der Waals surface area contributed by atoms with Gasteiger partial charge in [0.1, 0.15) is 0 Å². The van der Waals surface area contributed by atoms with Crippen molar-refractivity contribution in [2.24, 2.45) is 5.73 Å². The smallest absolute Gasteiger partial charge is 0.325 e. The number of aryl methyl sites for hydroxylation is 1. The Hall–Kier alpha value is -2.42. The fraction of sp³-hybridized carbons (Fsp3) is 0.600. The maximum atomic E-state index is 12.4. The summed E-state index contributed by atoms with van der Waals surface area (Å²) in [6.45, 7) is 4.33. The number of nitrogens with one attached hydrogen (secondary N) is 2. The third-order valence-corrected chi connectivity index (χ3v) is 4.16. The van der Waals surface area contributed by atoms with Crippen LogP contribution in [0, 0.1) is 6.92 Å². The second-order valence-corrected chi connectivity index (χ2v) is 5.99. The molecule has 2 heterocycles. The number of hydrogen-bond acceptors (Lipinski definition) is 5. The highest BCUT2D eigenvalue weighted by atomic mass is 16.2. The van der Waals surface area contributed by atoms with Gasteiger partial charge in [0.15, 0.2) is 0 Å². The van der Waals surface area contributed by atoms with Crippen molar-refractivity contribution < 1.29 is 9.59 Å². The lowest BCUT2D eigenvalue weighted by Gasteiger charge is -2.21. The average Bonchev–Trinajstić information content (AvgIpc) is 2.71. The minimum Gasteiger partial charge on any atom is -0.369 e. The highest BCUT2D eigenvalue weighted by Crippen LogP contribution is 2.07. The summed E-state index contributed by atoms with van der Waals surface area (Å²) in [6.07, 6.45) is 1.25. The van der Waals surface area contributed by atoms with Crippen LogP contribution in [0.1, 0.15) is 24.1 Å². The van der Waals surface area contributed by atoms with E-state index in [4.69, 9.17) is 5.73 Å². The van der Waals surface area contributed by atoms with Gasteiger partial charge in [-0.3, -0.25) is 24.3 Å². The van der Waals surface area contributed by atoms with Gasteiger partial charge in [0.25, 0.3) is 5.56 Å². The Bertz CT molecular complexity index is 723. The molecule has 4 N–H and O–H groups in total. The molecule has 1 saturated heterocycles. The van der Waals surface area contributed by atoms with Crippen molar-refractivity contribution in [1.29, 1.82) is 0 Å². The van der Waals surface area contributed by atoms with Gasteiger partial charge < -0.3 is 15.6 Å². The molecule has 1 aliphatic rings. The quantitative estimate of drug-likeness (QED) is 0.590. The molecule has 0 saturated carbocycles. The minimum atomic E-state index is -0.547. The molecule has 0 bridgehead atoms. The first-order valence-electron chi connectivity index (χ1n) is 7.97. The molecule has 0 radical (unpaired) electrons. The second-order valence-electron chi connectivity index (χ2n) is 5.99. The molecule has 1 aromatic heterocycles.